The lowest BCUT2D eigenvalue weighted by molar-refractivity contribution is 0.111. The molecule has 5 heteroatoms. The van der Waals surface area contributed by atoms with Gasteiger partial charge < -0.3 is 20.3 Å². The highest BCUT2D eigenvalue weighted by Gasteiger charge is 2.20. The van der Waals surface area contributed by atoms with Gasteiger partial charge in [-0.15, -0.1) is 0 Å². The molecule has 2 N–H and O–H groups in total. The van der Waals surface area contributed by atoms with E-state index >= 15 is 0 Å². The van der Waals surface area contributed by atoms with Gasteiger partial charge in [0.15, 0.2) is 0 Å². The standard InChI is InChI=1S/C18H29N3O2/c1-3-21(4-2)11-10-19-18(22)20-17-7-5-6-16(12-17)14-23-13-15-8-9-15/h5-7,12,15H,3-4,8-11,13-14H2,1-2H3,(H2,19,20,22). The number of likely N-dealkylation sites (N-methyl/N-ethyl adjacent to an activating group) is 1. The maximum absolute atomic E-state index is 11.9. The topological polar surface area (TPSA) is 53.6 Å². The first kappa shape index (κ1) is 17.8. The first-order chi connectivity index (χ1) is 11.2. The summed E-state index contributed by atoms with van der Waals surface area (Å²) in [5, 5.41) is 5.77. The van der Waals surface area contributed by atoms with Crippen molar-refractivity contribution < 1.29 is 9.53 Å². The summed E-state index contributed by atoms with van der Waals surface area (Å²) in [7, 11) is 0. The monoisotopic (exact) mass is 319 g/mol. The molecule has 0 radical (unpaired) electrons. The molecule has 1 aromatic carbocycles. The van der Waals surface area contributed by atoms with Crippen LogP contribution in [0.25, 0.3) is 0 Å². The summed E-state index contributed by atoms with van der Waals surface area (Å²) in [5.74, 6) is 0.771. The normalized spacial score (nSPS) is 14.0. The summed E-state index contributed by atoms with van der Waals surface area (Å²) >= 11 is 0. The van der Waals surface area contributed by atoms with E-state index in [2.05, 4.69) is 29.4 Å². The largest absolute Gasteiger partial charge is 0.376 e. The molecular weight excluding hydrogens is 290 g/mol. The quantitative estimate of drug-likeness (QED) is 0.697. The highest BCUT2D eigenvalue weighted by Crippen LogP contribution is 2.29. The Kier molecular flexibility index (Phi) is 7.36. The van der Waals surface area contributed by atoms with Gasteiger partial charge in [0.2, 0.25) is 0 Å². The first-order valence-electron chi connectivity index (χ1n) is 8.65. The third-order valence-electron chi connectivity index (χ3n) is 4.11. The Hall–Kier alpha value is -1.59. The van der Waals surface area contributed by atoms with E-state index in [-0.39, 0.29) is 6.03 Å². The Morgan fingerprint density at radius 3 is 2.78 bits per heavy atom. The molecule has 1 aliphatic carbocycles. The van der Waals surface area contributed by atoms with Gasteiger partial charge >= 0.3 is 6.03 Å². The fourth-order valence-corrected chi connectivity index (χ4v) is 2.41. The van der Waals surface area contributed by atoms with Crippen LogP contribution in [0.1, 0.15) is 32.3 Å². The van der Waals surface area contributed by atoms with Gasteiger partial charge in [0, 0.05) is 25.4 Å². The zero-order valence-corrected chi connectivity index (χ0v) is 14.3. The number of urea groups is 1. The van der Waals surface area contributed by atoms with E-state index in [9.17, 15) is 4.79 Å². The molecule has 1 aromatic rings. The number of nitrogens with zero attached hydrogens (tertiary/aromatic N) is 1. The summed E-state index contributed by atoms with van der Waals surface area (Å²) in [5.41, 5.74) is 1.89. The second kappa shape index (κ2) is 9.53. The Morgan fingerprint density at radius 2 is 2.09 bits per heavy atom. The third kappa shape index (κ3) is 7.01. The maximum atomic E-state index is 11.9. The Bertz CT molecular complexity index is 485. The Labute approximate surface area is 139 Å². The van der Waals surface area contributed by atoms with Crippen LogP contribution in [0.3, 0.4) is 0 Å². The van der Waals surface area contributed by atoms with Crippen molar-refractivity contribution in [3.63, 3.8) is 0 Å². The number of hydrogen-bond donors (Lipinski definition) is 2. The predicted octanol–water partition coefficient (Wildman–Crippen LogP) is 3.08. The number of carbonyl (C=O) groups is 1. The molecule has 0 unspecified atom stereocenters. The zero-order valence-electron chi connectivity index (χ0n) is 14.3. The molecule has 128 valence electrons. The summed E-state index contributed by atoms with van der Waals surface area (Å²) < 4.78 is 5.69. The van der Waals surface area contributed by atoms with E-state index in [1.807, 2.05) is 24.3 Å². The van der Waals surface area contributed by atoms with Crippen molar-refractivity contribution in [3.8, 4) is 0 Å². The lowest BCUT2D eigenvalue weighted by Crippen LogP contribution is -2.36. The molecule has 0 aromatic heterocycles. The van der Waals surface area contributed by atoms with Crippen LogP contribution < -0.4 is 10.6 Å². The van der Waals surface area contributed by atoms with Crippen molar-refractivity contribution >= 4 is 11.7 Å². The van der Waals surface area contributed by atoms with Crippen LogP contribution in [0.2, 0.25) is 0 Å². The van der Waals surface area contributed by atoms with Crippen molar-refractivity contribution in [2.24, 2.45) is 5.92 Å². The number of nitrogens with one attached hydrogen (secondary N) is 2. The highest BCUT2D eigenvalue weighted by molar-refractivity contribution is 5.89. The molecule has 2 rings (SSSR count). The Morgan fingerprint density at radius 1 is 1.30 bits per heavy atom. The highest BCUT2D eigenvalue weighted by atomic mass is 16.5. The number of ether oxygens (including phenoxy) is 1. The van der Waals surface area contributed by atoms with E-state index < -0.39 is 0 Å². The summed E-state index contributed by atoms with van der Waals surface area (Å²) in [6.07, 6.45) is 2.60. The van der Waals surface area contributed by atoms with E-state index in [4.69, 9.17) is 4.74 Å². The van der Waals surface area contributed by atoms with Gasteiger partial charge in [-0.25, -0.2) is 4.79 Å². The third-order valence-corrected chi connectivity index (χ3v) is 4.11. The van der Waals surface area contributed by atoms with Crippen LogP contribution in [0, 0.1) is 5.92 Å². The van der Waals surface area contributed by atoms with Crippen molar-refractivity contribution in [2.75, 3.05) is 38.1 Å². The van der Waals surface area contributed by atoms with Crippen LogP contribution in [0.5, 0.6) is 0 Å². The second-order valence-electron chi connectivity index (χ2n) is 6.07. The fourth-order valence-electron chi connectivity index (χ4n) is 2.41. The van der Waals surface area contributed by atoms with Crippen LogP contribution >= 0.6 is 0 Å². The average molecular weight is 319 g/mol. The molecule has 23 heavy (non-hydrogen) atoms. The van der Waals surface area contributed by atoms with Gasteiger partial charge in [-0.3, -0.25) is 0 Å². The summed E-state index contributed by atoms with van der Waals surface area (Å²) in [6.45, 7) is 9.23. The zero-order chi connectivity index (χ0) is 16.5. The molecule has 0 saturated heterocycles. The molecule has 0 spiro atoms. The molecule has 1 fully saturated rings. The second-order valence-corrected chi connectivity index (χ2v) is 6.07. The van der Waals surface area contributed by atoms with Crippen molar-refractivity contribution in [2.45, 2.75) is 33.3 Å². The Balaban J connectivity index is 1.69. The fraction of sp³-hybridized carbons (Fsp3) is 0.611. The summed E-state index contributed by atoms with van der Waals surface area (Å²) in [6, 6.07) is 7.68. The average Bonchev–Trinajstić information content (AvgIpc) is 3.36. The van der Waals surface area contributed by atoms with E-state index in [0.29, 0.717) is 13.2 Å². The minimum Gasteiger partial charge on any atom is -0.376 e. The molecule has 2 amide bonds. The smallest absolute Gasteiger partial charge is 0.319 e. The SMILES string of the molecule is CCN(CC)CCNC(=O)Nc1cccc(COCC2CC2)c1. The molecule has 5 nitrogen and oxygen atoms in total. The molecule has 1 saturated carbocycles. The van der Waals surface area contributed by atoms with Gasteiger partial charge in [0.1, 0.15) is 0 Å². The van der Waals surface area contributed by atoms with Crippen molar-refractivity contribution in [1.29, 1.82) is 0 Å². The van der Waals surface area contributed by atoms with Gasteiger partial charge in [0.25, 0.3) is 0 Å². The van der Waals surface area contributed by atoms with Crippen LogP contribution in [0.15, 0.2) is 24.3 Å². The van der Waals surface area contributed by atoms with E-state index in [0.717, 1.165) is 43.4 Å². The summed E-state index contributed by atoms with van der Waals surface area (Å²) in [4.78, 5) is 14.2. The van der Waals surface area contributed by atoms with Crippen molar-refractivity contribution in [3.05, 3.63) is 29.8 Å². The van der Waals surface area contributed by atoms with E-state index in [1.54, 1.807) is 0 Å². The number of carbonyl (C=O) groups excluding carboxylic acids is 1. The van der Waals surface area contributed by atoms with Crippen LogP contribution in [-0.4, -0.2) is 43.7 Å². The van der Waals surface area contributed by atoms with Gasteiger partial charge in [-0.1, -0.05) is 26.0 Å². The number of rotatable bonds is 10. The lowest BCUT2D eigenvalue weighted by Gasteiger charge is -2.18. The van der Waals surface area contributed by atoms with Gasteiger partial charge in [-0.2, -0.15) is 0 Å². The molecule has 0 heterocycles. The van der Waals surface area contributed by atoms with E-state index in [1.165, 1.54) is 12.8 Å². The number of hydrogen-bond acceptors (Lipinski definition) is 3. The molecular formula is C18H29N3O2. The predicted molar refractivity (Wildman–Crippen MR) is 93.6 cm³/mol. The molecule has 0 bridgehead atoms. The number of benzene rings is 1. The van der Waals surface area contributed by atoms with Gasteiger partial charge in [0.05, 0.1) is 6.61 Å². The van der Waals surface area contributed by atoms with Gasteiger partial charge in [-0.05, 0) is 49.5 Å². The first-order valence-corrected chi connectivity index (χ1v) is 8.65. The minimum absolute atomic E-state index is 0.159. The van der Waals surface area contributed by atoms with Crippen LogP contribution in [0.4, 0.5) is 10.5 Å². The van der Waals surface area contributed by atoms with Crippen LogP contribution in [-0.2, 0) is 11.3 Å². The maximum Gasteiger partial charge on any atom is 0.319 e. The van der Waals surface area contributed by atoms with Crippen molar-refractivity contribution in [1.82, 2.24) is 10.2 Å². The minimum atomic E-state index is -0.159. The lowest BCUT2D eigenvalue weighted by atomic mass is 10.2. The molecule has 1 aliphatic rings. The molecule has 0 atom stereocenters. The number of anilines is 1. The number of amides is 2. The molecule has 0 aliphatic heterocycles.